The van der Waals surface area contributed by atoms with Crippen LogP contribution in [0.15, 0.2) is 41.7 Å². The maximum Gasteiger partial charge on any atom is 0.274 e. The highest BCUT2D eigenvalue weighted by molar-refractivity contribution is 6.43. The lowest BCUT2D eigenvalue weighted by molar-refractivity contribution is -0.121. The molecule has 0 aliphatic carbocycles. The summed E-state index contributed by atoms with van der Waals surface area (Å²) < 4.78 is 0. The van der Waals surface area contributed by atoms with Gasteiger partial charge >= 0.3 is 0 Å². The first-order chi connectivity index (χ1) is 12.3. The van der Waals surface area contributed by atoms with Crippen molar-refractivity contribution >= 4 is 58.1 Å². The molecule has 1 unspecified atom stereocenters. The monoisotopic (exact) mass is 413 g/mol. The Kier molecular flexibility index (Phi) is 5.24. The minimum Gasteiger partial charge on any atom is -0.325 e. The number of amidine groups is 1. The van der Waals surface area contributed by atoms with Gasteiger partial charge in [-0.1, -0.05) is 47.5 Å². The molecule has 26 heavy (non-hydrogen) atoms. The summed E-state index contributed by atoms with van der Waals surface area (Å²) >= 11 is 18.4. The molecule has 3 rings (SSSR count). The van der Waals surface area contributed by atoms with Gasteiger partial charge in [0.05, 0.1) is 10.0 Å². The van der Waals surface area contributed by atoms with Crippen LogP contribution >= 0.6 is 34.8 Å². The molecular formula is C16H14Cl3N5O2. The Hall–Kier alpha value is -2.06. The first kappa shape index (κ1) is 18.7. The van der Waals surface area contributed by atoms with E-state index in [-0.39, 0.29) is 27.1 Å². The number of rotatable bonds is 3. The maximum atomic E-state index is 13.0. The molecule has 1 aromatic carbocycles. The molecule has 1 atom stereocenters. The van der Waals surface area contributed by atoms with Gasteiger partial charge in [0.15, 0.2) is 11.9 Å². The molecule has 0 aromatic heterocycles. The molecule has 0 bridgehead atoms. The zero-order valence-corrected chi connectivity index (χ0v) is 15.9. The summed E-state index contributed by atoms with van der Waals surface area (Å²) in [6.07, 6.45) is 3.52. The summed E-state index contributed by atoms with van der Waals surface area (Å²) in [7, 11) is 0. The van der Waals surface area contributed by atoms with Gasteiger partial charge in [-0.05, 0) is 19.1 Å². The number of hydrazone groups is 1. The van der Waals surface area contributed by atoms with Crippen LogP contribution in [0.1, 0.15) is 6.92 Å². The number of anilines is 1. The van der Waals surface area contributed by atoms with Crippen molar-refractivity contribution in [3.8, 4) is 0 Å². The standard InChI is InChI=1S/C16H14Cl3N5O2/c1-8(2)15(25)21-14-13(23-5-3-4-20-23)16(26)24(22-14)12-10(18)6-9(17)7-11(12)19/h3-4,6-7,13,20H,1,5H2,2H3,(H,21,22,25). The fourth-order valence-electron chi connectivity index (χ4n) is 2.49. The van der Waals surface area contributed by atoms with Crippen LogP contribution in [0.5, 0.6) is 0 Å². The Balaban J connectivity index is 2.01. The lowest BCUT2D eigenvalue weighted by Crippen LogP contribution is -2.54. The van der Waals surface area contributed by atoms with E-state index in [1.54, 1.807) is 18.1 Å². The predicted octanol–water partition coefficient (Wildman–Crippen LogP) is 2.70. The Bertz CT molecular complexity index is 836. The third kappa shape index (κ3) is 3.43. The SMILES string of the molecule is C=C(C)C(=O)NC1=NN(c2c(Cl)cc(Cl)cc2Cl)C(=O)C1N1CC=CN1. The van der Waals surface area contributed by atoms with E-state index in [0.29, 0.717) is 11.6 Å². The van der Waals surface area contributed by atoms with Crippen LogP contribution in [-0.2, 0) is 9.59 Å². The Morgan fingerprint density at radius 2 is 2.00 bits per heavy atom. The minimum absolute atomic E-state index is 0.140. The van der Waals surface area contributed by atoms with Crippen molar-refractivity contribution in [3.63, 3.8) is 0 Å². The number of carbonyl (C=O) groups excluding carboxylic acids is 2. The second kappa shape index (κ2) is 7.28. The van der Waals surface area contributed by atoms with Gasteiger partial charge in [-0.15, -0.1) is 5.10 Å². The van der Waals surface area contributed by atoms with Crippen LogP contribution in [0, 0.1) is 0 Å². The normalized spacial score (nSPS) is 19.5. The first-order valence-corrected chi connectivity index (χ1v) is 8.64. The molecule has 0 fully saturated rings. The zero-order valence-electron chi connectivity index (χ0n) is 13.6. The molecule has 2 N–H and O–H groups in total. The molecule has 2 heterocycles. The average molecular weight is 415 g/mol. The molecule has 2 aliphatic rings. The van der Waals surface area contributed by atoms with E-state index in [1.165, 1.54) is 12.1 Å². The van der Waals surface area contributed by atoms with Crippen molar-refractivity contribution in [1.82, 2.24) is 15.8 Å². The second-order valence-electron chi connectivity index (χ2n) is 5.67. The molecular weight excluding hydrogens is 401 g/mol. The Morgan fingerprint density at radius 1 is 1.35 bits per heavy atom. The van der Waals surface area contributed by atoms with Crippen molar-refractivity contribution in [2.24, 2.45) is 5.10 Å². The third-order valence-electron chi connectivity index (χ3n) is 3.70. The number of nitrogens with one attached hydrogen (secondary N) is 2. The van der Waals surface area contributed by atoms with E-state index in [2.05, 4.69) is 22.4 Å². The number of carbonyl (C=O) groups is 2. The molecule has 136 valence electrons. The number of benzene rings is 1. The van der Waals surface area contributed by atoms with Crippen LogP contribution in [0.4, 0.5) is 5.69 Å². The van der Waals surface area contributed by atoms with E-state index in [9.17, 15) is 9.59 Å². The first-order valence-electron chi connectivity index (χ1n) is 7.51. The van der Waals surface area contributed by atoms with E-state index >= 15 is 0 Å². The van der Waals surface area contributed by atoms with Gasteiger partial charge in [-0.3, -0.25) is 9.59 Å². The van der Waals surface area contributed by atoms with E-state index in [4.69, 9.17) is 34.8 Å². The maximum absolute atomic E-state index is 13.0. The molecule has 7 nitrogen and oxygen atoms in total. The van der Waals surface area contributed by atoms with E-state index < -0.39 is 17.9 Å². The van der Waals surface area contributed by atoms with Crippen LogP contribution in [0.25, 0.3) is 0 Å². The van der Waals surface area contributed by atoms with Crippen LogP contribution in [0.3, 0.4) is 0 Å². The second-order valence-corrected chi connectivity index (χ2v) is 6.92. The average Bonchev–Trinajstić information content (AvgIpc) is 3.15. The Morgan fingerprint density at radius 3 is 2.54 bits per heavy atom. The predicted molar refractivity (Wildman–Crippen MR) is 102 cm³/mol. The van der Waals surface area contributed by atoms with E-state index in [1.807, 2.05) is 6.08 Å². The molecule has 2 amide bonds. The van der Waals surface area contributed by atoms with Crippen LogP contribution in [-0.4, -0.2) is 35.2 Å². The zero-order chi connectivity index (χ0) is 19.0. The number of amides is 2. The molecule has 0 radical (unpaired) electrons. The van der Waals surface area contributed by atoms with Gasteiger partial charge in [0.25, 0.3) is 11.8 Å². The molecule has 0 saturated carbocycles. The van der Waals surface area contributed by atoms with Gasteiger partial charge in [0, 0.05) is 23.3 Å². The summed E-state index contributed by atoms with van der Waals surface area (Å²) in [5.41, 5.74) is 3.41. The summed E-state index contributed by atoms with van der Waals surface area (Å²) in [5.74, 6) is -0.727. The van der Waals surface area contributed by atoms with Crippen molar-refractivity contribution in [2.75, 3.05) is 11.6 Å². The molecule has 2 aliphatic heterocycles. The van der Waals surface area contributed by atoms with Crippen LogP contribution < -0.4 is 15.8 Å². The van der Waals surface area contributed by atoms with Crippen molar-refractivity contribution in [1.29, 1.82) is 0 Å². The summed E-state index contributed by atoms with van der Waals surface area (Å²) in [6, 6.07) is 2.06. The van der Waals surface area contributed by atoms with Crippen molar-refractivity contribution < 1.29 is 9.59 Å². The van der Waals surface area contributed by atoms with Gasteiger partial charge in [-0.25, -0.2) is 5.01 Å². The van der Waals surface area contributed by atoms with Gasteiger partial charge in [0.2, 0.25) is 0 Å². The highest BCUT2D eigenvalue weighted by Crippen LogP contribution is 2.38. The van der Waals surface area contributed by atoms with Crippen molar-refractivity contribution in [2.45, 2.75) is 13.0 Å². The van der Waals surface area contributed by atoms with Crippen molar-refractivity contribution in [3.05, 3.63) is 51.6 Å². The number of hydrazine groups is 1. The van der Waals surface area contributed by atoms with Gasteiger partial charge < -0.3 is 10.7 Å². The number of halogens is 3. The summed E-state index contributed by atoms with van der Waals surface area (Å²) in [5, 5.41) is 10.2. The minimum atomic E-state index is -0.865. The highest BCUT2D eigenvalue weighted by atomic mass is 35.5. The largest absolute Gasteiger partial charge is 0.325 e. The number of hydrogen-bond acceptors (Lipinski definition) is 5. The summed E-state index contributed by atoms with van der Waals surface area (Å²) in [4.78, 5) is 25.1. The van der Waals surface area contributed by atoms with Crippen LogP contribution in [0.2, 0.25) is 15.1 Å². The number of nitrogens with zero attached hydrogens (tertiary/aromatic N) is 3. The quantitative estimate of drug-likeness (QED) is 0.746. The lowest BCUT2D eigenvalue weighted by Gasteiger charge is -2.24. The molecule has 10 heteroatoms. The highest BCUT2D eigenvalue weighted by Gasteiger charge is 2.43. The molecule has 0 spiro atoms. The van der Waals surface area contributed by atoms with E-state index in [0.717, 1.165) is 5.01 Å². The topological polar surface area (TPSA) is 77.0 Å². The third-order valence-corrected chi connectivity index (χ3v) is 4.50. The fraction of sp³-hybridized carbons (Fsp3) is 0.188. The lowest BCUT2D eigenvalue weighted by atomic mass is 10.2. The Labute approximate surface area is 164 Å². The summed E-state index contributed by atoms with van der Waals surface area (Å²) in [6.45, 7) is 5.60. The van der Waals surface area contributed by atoms with Gasteiger partial charge in [0.1, 0.15) is 5.69 Å². The number of hydrogen-bond donors (Lipinski definition) is 2. The molecule has 1 aromatic rings. The fourth-order valence-corrected chi connectivity index (χ4v) is 3.46. The van der Waals surface area contributed by atoms with Gasteiger partial charge in [-0.2, -0.15) is 5.01 Å². The molecule has 0 saturated heterocycles. The smallest absolute Gasteiger partial charge is 0.274 e.